The summed E-state index contributed by atoms with van der Waals surface area (Å²) in [6.45, 7) is 8.68. The Labute approximate surface area is 239 Å². The van der Waals surface area contributed by atoms with Crippen LogP contribution in [0.4, 0.5) is 21.0 Å². The number of aliphatic hydroxyl groups excluding tert-OH is 2. The molecule has 0 aliphatic heterocycles. The number of carbonyl (C=O) groups excluding carboxylic acids is 2. The maximum Gasteiger partial charge on any atom is 0.411 e. The standard InChI is InChI=1S/C12H18O2.2C10H13NO2/c13-11-9-7-5-3-1-2-4-6-8-10-12-14;2*1-3-13-10(12)11-9-7-5-4-6-8(9)2/h13-14H,5-12H2;2*4-7H,3H2,1-2H3,(H,11,12). The van der Waals surface area contributed by atoms with Crippen molar-refractivity contribution in [3.8, 4) is 23.7 Å². The van der Waals surface area contributed by atoms with Gasteiger partial charge in [0.25, 0.3) is 0 Å². The first-order chi connectivity index (χ1) is 19.4. The predicted octanol–water partition coefficient (Wildman–Crippen LogP) is 6.45. The zero-order valence-electron chi connectivity index (χ0n) is 24.2. The number of amides is 2. The van der Waals surface area contributed by atoms with Crippen LogP contribution in [0.2, 0.25) is 0 Å². The molecule has 2 rings (SSSR count). The fourth-order valence-electron chi connectivity index (χ4n) is 2.84. The van der Waals surface area contributed by atoms with Crippen LogP contribution < -0.4 is 10.6 Å². The van der Waals surface area contributed by atoms with Crippen molar-refractivity contribution in [2.45, 2.75) is 66.2 Å². The van der Waals surface area contributed by atoms with Gasteiger partial charge < -0.3 is 19.7 Å². The van der Waals surface area contributed by atoms with Crippen LogP contribution >= 0.6 is 0 Å². The third-order valence-corrected chi connectivity index (χ3v) is 4.97. The molecule has 8 nitrogen and oxygen atoms in total. The molecular formula is C32H44N2O6. The number of benzene rings is 2. The van der Waals surface area contributed by atoms with E-state index >= 15 is 0 Å². The minimum Gasteiger partial charge on any atom is -0.450 e. The summed E-state index contributed by atoms with van der Waals surface area (Å²) >= 11 is 0. The third-order valence-electron chi connectivity index (χ3n) is 4.97. The van der Waals surface area contributed by atoms with Gasteiger partial charge >= 0.3 is 12.2 Å². The SMILES string of the molecule is CCOC(=O)Nc1ccccc1C.CCOC(=O)Nc1ccccc1C.OCCCCC#CC#CCCCCO. The predicted molar refractivity (Wildman–Crippen MR) is 161 cm³/mol. The van der Waals surface area contributed by atoms with Gasteiger partial charge in [0.2, 0.25) is 0 Å². The molecule has 0 bridgehead atoms. The van der Waals surface area contributed by atoms with Crippen molar-refractivity contribution in [1.82, 2.24) is 0 Å². The van der Waals surface area contributed by atoms with Crippen LogP contribution in [0.15, 0.2) is 48.5 Å². The molecule has 218 valence electrons. The van der Waals surface area contributed by atoms with E-state index < -0.39 is 12.2 Å². The first kappa shape index (κ1) is 36.0. The van der Waals surface area contributed by atoms with Gasteiger partial charge in [0, 0.05) is 37.4 Å². The Hall–Kier alpha value is -3.98. The van der Waals surface area contributed by atoms with Crippen molar-refractivity contribution in [3.05, 3.63) is 59.7 Å². The fraction of sp³-hybridized carbons (Fsp3) is 0.438. The quantitative estimate of drug-likeness (QED) is 0.199. The van der Waals surface area contributed by atoms with Gasteiger partial charge in [0.05, 0.1) is 13.2 Å². The highest BCUT2D eigenvalue weighted by molar-refractivity contribution is 5.86. The second kappa shape index (κ2) is 25.3. The van der Waals surface area contributed by atoms with Crippen molar-refractivity contribution in [2.75, 3.05) is 37.1 Å². The largest absolute Gasteiger partial charge is 0.450 e. The number of unbranched alkanes of at least 4 members (excludes halogenated alkanes) is 4. The molecule has 0 atom stereocenters. The zero-order valence-corrected chi connectivity index (χ0v) is 24.2. The van der Waals surface area contributed by atoms with Gasteiger partial charge in [0.15, 0.2) is 0 Å². The van der Waals surface area contributed by atoms with Gasteiger partial charge in [0.1, 0.15) is 0 Å². The van der Waals surface area contributed by atoms with Crippen LogP contribution in [0.25, 0.3) is 0 Å². The minimum absolute atomic E-state index is 0.245. The van der Waals surface area contributed by atoms with Crippen LogP contribution in [0, 0.1) is 37.5 Å². The van der Waals surface area contributed by atoms with Gasteiger partial charge in [-0.15, -0.1) is 0 Å². The van der Waals surface area contributed by atoms with E-state index in [9.17, 15) is 9.59 Å². The highest BCUT2D eigenvalue weighted by Crippen LogP contribution is 2.13. The second-order valence-corrected chi connectivity index (χ2v) is 8.29. The van der Waals surface area contributed by atoms with Crippen LogP contribution in [-0.4, -0.2) is 48.8 Å². The van der Waals surface area contributed by atoms with Crippen molar-refractivity contribution < 1.29 is 29.3 Å². The van der Waals surface area contributed by atoms with Crippen molar-refractivity contribution >= 4 is 23.6 Å². The molecule has 0 saturated heterocycles. The number of aliphatic hydroxyl groups is 2. The summed E-state index contributed by atoms with van der Waals surface area (Å²) in [5.41, 5.74) is 3.63. The lowest BCUT2D eigenvalue weighted by Crippen LogP contribution is -2.13. The average molecular weight is 553 g/mol. The summed E-state index contributed by atoms with van der Waals surface area (Å²) in [5, 5.41) is 22.3. The molecule has 0 saturated carbocycles. The summed E-state index contributed by atoms with van der Waals surface area (Å²) in [5.74, 6) is 11.4. The first-order valence-corrected chi connectivity index (χ1v) is 13.6. The van der Waals surface area contributed by atoms with E-state index in [0.29, 0.717) is 13.2 Å². The zero-order chi connectivity index (χ0) is 29.8. The normalized spacial score (nSPS) is 9.05. The monoisotopic (exact) mass is 552 g/mol. The van der Waals surface area contributed by atoms with E-state index in [2.05, 4.69) is 34.3 Å². The Balaban J connectivity index is 0.000000571. The summed E-state index contributed by atoms with van der Waals surface area (Å²) < 4.78 is 9.50. The van der Waals surface area contributed by atoms with Gasteiger partial charge in [-0.2, -0.15) is 0 Å². The Kier molecular flexibility index (Phi) is 22.8. The number of aryl methyl sites for hydroxylation is 2. The molecule has 0 aliphatic rings. The highest BCUT2D eigenvalue weighted by atomic mass is 16.6. The molecule has 0 aliphatic carbocycles. The Bertz CT molecular complexity index is 1010. The van der Waals surface area contributed by atoms with E-state index in [1.807, 2.05) is 62.4 Å². The fourth-order valence-corrected chi connectivity index (χ4v) is 2.84. The van der Waals surface area contributed by atoms with Gasteiger partial charge in [-0.25, -0.2) is 9.59 Å². The number of para-hydroxylation sites is 2. The molecule has 0 spiro atoms. The van der Waals surface area contributed by atoms with Gasteiger partial charge in [-0.05, 0) is 88.5 Å². The third kappa shape index (κ3) is 20.0. The Morgan fingerprint density at radius 2 is 1.05 bits per heavy atom. The molecular weight excluding hydrogens is 508 g/mol. The lowest BCUT2D eigenvalue weighted by Gasteiger charge is -2.06. The number of hydrogen-bond donors (Lipinski definition) is 4. The molecule has 40 heavy (non-hydrogen) atoms. The van der Waals surface area contributed by atoms with Gasteiger partial charge in [-0.3, -0.25) is 10.6 Å². The summed E-state index contributed by atoms with van der Waals surface area (Å²) in [6, 6.07) is 15.1. The molecule has 2 aromatic rings. The van der Waals surface area contributed by atoms with Crippen LogP contribution in [-0.2, 0) is 9.47 Å². The molecule has 4 N–H and O–H groups in total. The van der Waals surface area contributed by atoms with E-state index in [1.54, 1.807) is 13.8 Å². The van der Waals surface area contributed by atoms with E-state index in [4.69, 9.17) is 19.7 Å². The molecule has 0 radical (unpaired) electrons. The molecule has 0 unspecified atom stereocenters. The first-order valence-electron chi connectivity index (χ1n) is 13.6. The van der Waals surface area contributed by atoms with E-state index in [-0.39, 0.29) is 13.2 Å². The van der Waals surface area contributed by atoms with Crippen LogP contribution in [0.1, 0.15) is 63.5 Å². The van der Waals surface area contributed by atoms with Crippen molar-refractivity contribution in [2.24, 2.45) is 0 Å². The number of anilines is 2. The number of hydrogen-bond acceptors (Lipinski definition) is 6. The number of nitrogens with one attached hydrogen (secondary N) is 2. The summed E-state index contributed by atoms with van der Waals surface area (Å²) in [7, 11) is 0. The molecule has 8 heteroatoms. The highest BCUT2D eigenvalue weighted by Gasteiger charge is 2.03. The van der Waals surface area contributed by atoms with Crippen LogP contribution in [0.5, 0.6) is 0 Å². The lowest BCUT2D eigenvalue weighted by atomic mass is 10.2. The smallest absolute Gasteiger partial charge is 0.411 e. The number of rotatable bonds is 10. The van der Waals surface area contributed by atoms with Gasteiger partial charge in [-0.1, -0.05) is 48.2 Å². The lowest BCUT2D eigenvalue weighted by molar-refractivity contribution is 0.167. The average Bonchev–Trinajstić information content (AvgIpc) is 2.93. The second-order valence-electron chi connectivity index (χ2n) is 8.29. The maximum atomic E-state index is 11.0. The molecule has 0 aromatic heterocycles. The van der Waals surface area contributed by atoms with Crippen molar-refractivity contribution in [3.63, 3.8) is 0 Å². The molecule has 2 amide bonds. The minimum atomic E-state index is -0.406. The van der Waals surface area contributed by atoms with E-state index in [0.717, 1.165) is 61.0 Å². The van der Waals surface area contributed by atoms with Crippen molar-refractivity contribution in [1.29, 1.82) is 0 Å². The Morgan fingerprint density at radius 1 is 0.675 bits per heavy atom. The molecule has 2 aromatic carbocycles. The Morgan fingerprint density at radius 3 is 1.38 bits per heavy atom. The summed E-state index contributed by atoms with van der Waals surface area (Å²) in [6.07, 6.45) is 4.33. The van der Waals surface area contributed by atoms with E-state index in [1.165, 1.54) is 0 Å². The number of carbonyl (C=O) groups is 2. The van der Waals surface area contributed by atoms with Crippen LogP contribution in [0.3, 0.4) is 0 Å². The molecule has 0 heterocycles. The maximum absolute atomic E-state index is 11.0. The molecule has 0 fully saturated rings. The topological polar surface area (TPSA) is 117 Å². The summed E-state index contributed by atoms with van der Waals surface area (Å²) in [4.78, 5) is 22.1. The number of ether oxygens (including phenoxy) is 2.